The SMILES string of the molecule is COCCCOCc1c(C(=O)NN)sc2ccccc12. The summed E-state index contributed by atoms with van der Waals surface area (Å²) in [7, 11) is 1.66. The molecule has 1 aromatic carbocycles. The van der Waals surface area contributed by atoms with Crippen LogP contribution in [0, 0.1) is 0 Å². The van der Waals surface area contributed by atoms with Gasteiger partial charge in [0, 0.05) is 30.6 Å². The van der Waals surface area contributed by atoms with E-state index in [0.717, 1.165) is 22.1 Å². The van der Waals surface area contributed by atoms with Gasteiger partial charge >= 0.3 is 0 Å². The molecule has 0 aliphatic carbocycles. The van der Waals surface area contributed by atoms with E-state index in [1.54, 1.807) is 7.11 Å². The summed E-state index contributed by atoms with van der Waals surface area (Å²) < 4.78 is 11.7. The first-order valence-electron chi connectivity index (χ1n) is 6.36. The van der Waals surface area contributed by atoms with Gasteiger partial charge < -0.3 is 9.47 Å². The Kier molecular flexibility index (Phi) is 5.49. The molecule has 2 rings (SSSR count). The second-order valence-corrected chi connectivity index (χ2v) is 5.33. The smallest absolute Gasteiger partial charge is 0.275 e. The number of rotatable bonds is 7. The Labute approximate surface area is 121 Å². The number of methoxy groups -OCH3 is 1. The highest BCUT2D eigenvalue weighted by molar-refractivity contribution is 7.21. The average molecular weight is 294 g/mol. The third kappa shape index (κ3) is 3.34. The molecule has 6 heteroatoms. The summed E-state index contributed by atoms with van der Waals surface area (Å²) in [4.78, 5) is 12.4. The molecule has 0 aliphatic heterocycles. The molecule has 108 valence electrons. The number of hydrogen-bond donors (Lipinski definition) is 2. The van der Waals surface area contributed by atoms with E-state index in [1.165, 1.54) is 11.3 Å². The molecular formula is C14H18N2O3S. The maximum absolute atomic E-state index is 11.8. The standard InChI is InChI=1S/C14H18N2O3S/c1-18-7-4-8-19-9-11-10-5-2-3-6-12(10)20-13(11)14(17)16-15/h2-3,5-6H,4,7-9,15H2,1H3,(H,16,17). The van der Waals surface area contributed by atoms with Crippen LogP contribution in [0.4, 0.5) is 0 Å². The molecule has 3 N–H and O–H groups in total. The number of thiophene rings is 1. The molecule has 0 saturated carbocycles. The lowest BCUT2D eigenvalue weighted by Crippen LogP contribution is -2.30. The van der Waals surface area contributed by atoms with Crippen LogP contribution in [-0.2, 0) is 16.1 Å². The Morgan fingerprint density at radius 2 is 2.15 bits per heavy atom. The van der Waals surface area contributed by atoms with E-state index in [0.29, 0.717) is 24.7 Å². The Hall–Kier alpha value is -1.47. The number of carbonyl (C=O) groups is 1. The van der Waals surface area contributed by atoms with E-state index in [1.807, 2.05) is 24.3 Å². The second kappa shape index (κ2) is 7.35. The Balaban J connectivity index is 2.18. The van der Waals surface area contributed by atoms with E-state index in [-0.39, 0.29) is 5.91 Å². The number of nitrogen functional groups attached to an aromatic ring is 1. The van der Waals surface area contributed by atoms with Gasteiger partial charge in [0.1, 0.15) is 0 Å². The first-order chi connectivity index (χ1) is 9.77. The number of amides is 1. The lowest BCUT2D eigenvalue weighted by atomic mass is 10.1. The van der Waals surface area contributed by atoms with Crippen LogP contribution in [0.5, 0.6) is 0 Å². The Morgan fingerprint density at radius 1 is 1.35 bits per heavy atom. The number of hydrazine groups is 1. The maximum Gasteiger partial charge on any atom is 0.275 e. The fourth-order valence-electron chi connectivity index (χ4n) is 1.97. The van der Waals surface area contributed by atoms with Gasteiger partial charge in [-0.25, -0.2) is 5.84 Å². The van der Waals surface area contributed by atoms with E-state index in [2.05, 4.69) is 5.43 Å². The summed E-state index contributed by atoms with van der Waals surface area (Å²) in [6, 6.07) is 7.88. The monoisotopic (exact) mass is 294 g/mol. The number of hydrogen-bond acceptors (Lipinski definition) is 5. The van der Waals surface area contributed by atoms with Crippen molar-refractivity contribution in [1.29, 1.82) is 0 Å². The van der Waals surface area contributed by atoms with Gasteiger partial charge in [0.05, 0.1) is 11.5 Å². The summed E-state index contributed by atoms with van der Waals surface area (Å²) in [6.07, 6.45) is 0.830. The molecule has 0 bridgehead atoms. The highest BCUT2D eigenvalue weighted by Crippen LogP contribution is 2.31. The van der Waals surface area contributed by atoms with Crippen LogP contribution >= 0.6 is 11.3 Å². The molecule has 0 unspecified atom stereocenters. The van der Waals surface area contributed by atoms with Gasteiger partial charge in [0.25, 0.3) is 5.91 Å². The molecule has 1 amide bonds. The number of nitrogens with two attached hydrogens (primary N) is 1. The number of carbonyl (C=O) groups excluding carboxylic acids is 1. The maximum atomic E-state index is 11.8. The number of fused-ring (bicyclic) bond motifs is 1. The topological polar surface area (TPSA) is 73.6 Å². The van der Waals surface area contributed by atoms with Crippen molar-refractivity contribution in [2.45, 2.75) is 13.0 Å². The molecule has 0 aliphatic rings. The zero-order valence-electron chi connectivity index (χ0n) is 11.3. The minimum atomic E-state index is -0.276. The summed E-state index contributed by atoms with van der Waals surface area (Å²) in [5.41, 5.74) is 3.08. The van der Waals surface area contributed by atoms with Crippen molar-refractivity contribution in [2.24, 2.45) is 5.84 Å². The van der Waals surface area contributed by atoms with Crippen LogP contribution < -0.4 is 11.3 Å². The van der Waals surface area contributed by atoms with Gasteiger partial charge in [-0.3, -0.25) is 10.2 Å². The van der Waals surface area contributed by atoms with Gasteiger partial charge in [0.15, 0.2) is 0 Å². The van der Waals surface area contributed by atoms with E-state index < -0.39 is 0 Å². The zero-order chi connectivity index (χ0) is 14.4. The van der Waals surface area contributed by atoms with Crippen LogP contribution in [-0.4, -0.2) is 26.2 Å². The summed E-state index contributed by atoms with van der Waals surface area (Å²) >= 11 is 1.43. The molecule has 0 spiro atoms. The van der Waals surface area contributed by atoms with Crippen molar-refractivity contribution in [2.75, 3.05) is 20.3 Å². The van der Waals surface area contributed by atoms with Crippen LogP contribution in [0.3, 0.4) is 0 Å². The van der Waals surface area contributed by atoms with E-state index in [4.69, 9.17) is 15.3 Å². The molecule has 2 aromatic rings. The zero-order valence-corrected chi connectivity index (χ0v) is 12.2. The van der Waals surface area contributed by atoms with Crippen molar-refractivity contribution >= 4 is 27.3 Å². The van der Waals surface area contributed by atoms with Crippen LogP contribution in [0.2, 0.25) is 0 Å². The molecule has 0 radical (unpaired) electrons. The van der Waals surface area contributed by atoms with Crippen molar-refractivity contribution in [1.82, 2.24) is 5.43 Å². The second-order valence-electron chi connectivity index (χ2n) is 4.28. The van der Waals surface area contributed by atoms with Gasteiger partial charge in [-0.05, 0) is 17.9 Å². The highest BCUT2D eigenvalue weighted by atomic mass is 32.1. The van der Waals surface area contributed by atoms with Gasteiger partial charge in [-0.2, -0.15) is 0 Å². The average Bonchev–Trinajstić information content (AvgIpc) is 2.85. The first-order valence-corrected chi connectivity index (χ1v) is 7.17. The molecule has 1 heterocycles. The molecule has 1 aromatic heterocycles. The van der Waals surface area contributed by atoms with Gasteiger partial charge in [-0.15, -0.1) is 11.3 Å². The summed E-state index contributed by atoms with van der Waals surface area (Å²) in [6.45, 7) is 1.67. The number of ether oxygens (including phenoxy) is 2. The molecule has 0 saturated heterocycles. The van der Waals surface area contributed by atoms with Crippen LogP contribution in [0.25, 0.3) is 10.1 Å². The van der Waals surface area contributed by atoms with E-state index in [9.17, 15) is 4.79 Å². The molecule has 0 fully saturated rings. The largest absolute Gasteiger partial charge is 0.385 e. The Bertz CT molecular complexity index is 583. The van der Waals surface area contributed by atoms with Crippen LogP contribution in [0.15, 0.2) is 24.3 Å². The molecule has 0 atom stereocenters. The fourth-order valence-corrected chi connectivity index (χ4v) is 3.08. The normalized spacial score (nSPS) is 10.9. The third-order valence-corrected chi connectivity index (χ3v) is 4.13. The molecule has 20 heavy (non-hydrogen) atoms. The fraction of sp³-hybridized carbons (Fsp3) is 0.357. The first kappa shape index (κ1) is 14.9. The minimum absolute atomic E-state index is 0.276. The lowest BCUT2D eigenvalue weighted by Gasteiger charge is -2.06. The van der Waals surface area contributed by atoms with Crippen molar-refractivity contribution < 1.29 is 14.3 Å². The van der Waals surface area contributed by atoms with Crippen molar-refractivity contribution in [3.63, 3.8) is 0 Å². The minimum Gasteiger partial charge on any atom is -0.385 e. The summed E-state index contributed by atoms with van der Waals surface area (Å²) in [5, 5.41) is 1.04. The summed E-state index contributed by atoms with van der Waals surface area (Å²) in [5.74, 6) is 4.96. The number of nitrogens with one attached hydrogen (secondary N) is 1. The lowest BCUT2D eigenvalue weighted by molar-refractivity contribution is 0.0896. The van der Waals surface area contributed by atoms with Gasteiger partial charge in [0.2, 0.25) is 0 Å². The third-order valence-electron chi connectivity index (χ3n) is 2.92. The van der Waals surface area contributed by atoms with Crippen LogP contribution in [0.1, 0.15) is 21.7 Å². The molecule has 5 nitrogen and oxygen atoms in total. The highest BCUT2D eigenvalue weighted by Gasteiger charge is 2.17. The predicted octanol–water partition coefficient (Wildman–Crippen LogP) is 2.06. The van der Waals surface area contributed by atoms with Gasteiger partial charge in [-0.1, -0.05) is 18.2 Å². The van der Waals surface area contributed by atoms with Crippen molar-refractivity contribution in [3.05, 3.63) is 34.7 Å². The Morgan fingerprint density at radius 3 is 2.90 bits per heavy atom. The number of benzene rings is 1. The van der Waals surface area contributed by atoms with E-state index >= 15 is 0 Å². The molecular weight excluding hydrogens is 276 g/mol. The quantitative estimate of drug-likeness (QED) is 0.355. The van der Waals surface area contributed by atoms with Crippen molar-refractivity contribution in [3.8, 4) is 0 Å². The predicted molar refractivity (Wildman–Crippen MR) is 79.6 cm³/mol.